The van der Waals surface area contributed by atoms with Gasteiger partial charge in [-0.05, 0) is 35.4 Å². The molecule has 1 N–H and O–H groups in total. The molecular formula is C19H20Br2N2O. The first-order valence-electron chi connectivity index (χ1n) is 7.95. The van der Waals surface area contributed by atoms with Crippen molar-refractivity contribution in [2.45, 2.75) is 25.4 Å². The summed E-state index contributed by atoms with van der Waals surface area (Å²) in [6.45, 7) is 2.20. The van der Waals surface area contributed by atoms with E-state index in [1.54, 1.807) is 7.11 Å². The first kappa shape index (κ1) is 17.6. The Bertz CT molecular complexity index is 713. The molecule has 3 atom stereocenters. The molecule has 2 aromatic carbocycles. The van der Waals surface area contributed by atoms with Crippen LogP contribution in [0, 0.1) is 5.92 Å². The zero-order valence-electron chi connectivity index (χ0n) is 13.7. The van der Waals surface area contributed by atoms with E-state index in [1.165, 1.54) is 11.1 Å². The molecule has 1 aliphatic heterocycles. The Morgan fingerprint density at radius 1 is 0.958 bits per heavy atom. The first-order valence-corrected chi connectivity index (χ1v) is 9.54. The minimum Gasteiger partial charge on any atom is -0.399 e. The quantitative estimate of drug-likeness (QED) is 0.613. The monoisotopic (exact) mass is 450 g/mol. The van der Waals surface area contributed by atoms with Crippen LogP contribution >= 0.6 is 31.9 Å². The normalized spacial score (nSPS) is 25.7. The zero-order valence-corrected chi connectivity index (χ0v) is 16.8. The predicted molar refractivity (Wildman–Crippen MR) is 105 cm³/mol. The molecular weight excluding hydrogens is 432 g/mol. The van der Waals surface area contributed by atoms with E-state index in [0.717, 1.165) is 21.1 Å². The summed E-state index contributed by atoms with van der Waals surface area (Å²) in [6.07, 6.45) is 0.851. The van der Waals surface area contributed by atoms with Crippen molar-refractivity contribution in [2.75, 3.05) is 7.11 Å². The van der Waals surface area contributed by atoms with Crippen LogP contribution in [0.25, 0.3) is 0 Å². The highest BCUT2D eigenvalue weighted by Gasteiger charge is 2.34. The maximum atomic E-state index is 5.10. The molecule has 5 heteroatoms. The summed E-state index contributed by atoms with van der Waals surface area (Å²) in [7, 11) is 1.62. The number of hydrogen-bond donors (Lipinski definition) is 1. The van der Waals surface area contributed by atoms with Crippen molar-refractivity contribution in [1.82, 2.24) is 5.32 Å². The van der Waals surface area contributed by atoms with E-state index in [0.29, 0.717) is 0 Å². The number of hydrogen-bond acceptors (Lipinski definition) is 3. The minimum atomic E-state index is 0.203. The van der Waals surface area contributed by atoms with Crippen LogP contribution in [-0.2, 0) is 4.84 Å². The SMILES string of the molecule is CO/N=C1\C[C@@H](c2ccc(Br)cc2)N[C@@H](c2ccc(Br)cc2)[C@@H]1C. The van der Waals surface area contributed by atoms with E-state index in [4.69, 9.17) is 4.84 Å². The lowest BCUT2D eigenvalue weighted by Gasteiger charge is -2.37. The van der Waals surface area contributed by atoms with Crippen LogP contribution in [0.2, 0.25) is 0 Å². The van der Waals surface area contributed by atoms with E-state index < -0.39 is 0 Å². The van der Waals surface area contributed by atoms with Gasteiger partial charge < -0.3 is 10.2 Å². The van der Waals surface area contributed by atoms with Crippen LogP contribution in [-0.4, -0.2) is 12.8 Å². The van der Waals surface area contributed by atoms with Gasteiger partial charge in [-0.1, -0.05) is 68.2 Å². The van der Waals surface area contributed by atoms with Gasteiger partial charge in [-0.2, -0.15) is 0 Å². The van der Waals surface area contributed by atoms with Crippen LogP contribution in [0.1, 0.15) is 36.6 Å². The molecule has 1 saturated heterocycles. The zero-order chi connectivity index (χ0) is 17.1. The average molecular weight is 452 g/mol. The molecule has 0 aliphatic carbocycles. The van der Waals surface area contributed by atoms with Gasteiger partial charge in [0.25, 0.3) is 0 Å². The van der Waals surface area contributed by atoms with Gasteiger partial charge in [0.15, 0.2) is 0 Å². The summed E-state index contributed by atoms with van der Waals surface area (Å²) >= 11 is 7.01. The van der Waals surface area contributed by atoms with Gasteiger partial charge in [-0.3, -0.25) is 0 Å². The Kier molecular flexibility index (Phi) is 5.74. The Balaban J connectivity index is 1.93. The molecule has 3 nitrogen and oxygen atoms in total. The summed E-state index contributed by atoms with van der Waals surface area (Å²) in [4.78, 5) is 5.10. The smallest absolute Gasteiger partial charge is 0.106 e. The third-order valence-corrected chi connectivity index (χ3v) is 5.59. The summed E-state index contributed by atoms with van der Waals surface area (Å²) in [5.41, 5.74) is 3.62. The number of rotatable bonds is 3. The molecule has 1 heterocycles. The molecule has 1 aliphatic rings. The third kappa shape index (κ3) is 3.90. The third-order valence-electron chi connectivity index (χ3n) is 4.53. The van der Waals surface area contributed by atoms with Crippen molar-refractivity contribution in [1.29, 1.82) is 0 Å². The topological polar surface area (TPSA) is 33.6 Å². The molecule has 3 rings (SSSR count). The highest BCUT2D eigenvalue weighted by atomic mass is 79.9. The lowest BCUT2D eigenvalue weighted by atomic mass is 9.81. The Morgan fingerprint density at radius 3 is 2.04 bits per heavy atom. The summed E-state index contributed by atoms with van der Waals surface area (Å²) in [5.74, 6) is 0.276. The van der Waals surface area contributed by atoms with E-state index in [2.05, 4.69) is 97.8 Å². The van der Waals surface area contributed by atoms with E-state index >= 15 is 0 Å². The second-order valence-electron chi connectivity index (χ2n) is 6.06. The second-order valence-corrected chi connectivity index (χ2v) is 7.89. The fourth-order valence-corrected chi connectivity index (χ4v) is 3.74. The number of nitrogens with one attached hydrogen (secondary N) is 1. The average Bonchev–Trinajstić information content (AvgIpc) is 2.58. The van der Waals surface area contributed by atoms with Gasteiger partial charge in [-0.15, -0.1) is 0 Å². The van der Waals surface area contributed by atoms with Crippen molar-refractivity contribution >= 4 is 37.6 Å². The van der Waals surface area contributed by atoms with Gasteiger partial charge in [-0.25, -0.2) is 0 Å². The molecule has 0 bridgehead atoms. The van der Waals surface area contributed by atoms with Crippen molar-refractivity contribution in [3.63, 3.8) is 0 Å². The van der Waals surface area contributed by atoms with Gasteiger partial charge >= 0.3 is 0 Å². The second kappa shape index (κ2) is 7.81. The van der Waals surface area contributed by atoms with Crippen molar-refractivity contribution < 1.29 is 4.84 Å². The molecule has 126 valence electrons. The van der Waals surface area contributed by atoms with Crippen molar-refractivity contribution in [3.05, 3.63) is 68.6 Å². The van der Waals surface area contributed by atoms with E-state index in [1.807, 2.05) is 0 Å². The van der Waals surface area contributed by atoms with Crippen LogP contribution in [0.3, 0.4) is 0 Å². The number of nitrogens with zero attached hydrogens (tertiary/aromatic N) is 1. The molecule has 0 saturated carbocycles. The van der Waals surface area contributed by atoms with E-state index in [-0.39, 0.29) is 18.0 Å². The molecule has 0 unspecified atom stereocenters. The number of halogens is 2. The van der Waals surface area contributed by atoms with Gasteiger partial charge in [0.05, 0.1) is 5.71 Å². The highest BCUT2D eigenvalue weighted by Crippen LogP contribution is 2.36. The summed E-state index contributed by atoms with van der Waals surface area (Å²) in [5, 5.41) is 8.11. The maximum absolute atomic E-state index is 5.10. The van der Waals surface area contributed by atoms with Crippen LogP contribution in [0.5, 0.6) is 0 Å². The van der Waals surface area contributed by atoms with Crippen LogP contribution < -0.4 is 5.32 Å². The van der Waals surface area contributed by atoms with Gasteiger partial charge in [0, 0.05) is 33.4 Å². The Morgan fingerprint density at radius 2 is 1.50 bits per heavy atom. The molecule has 2 aromatic rings. The lowest BCUT2D eigenvalue weighted by molar-refractivity contribution is 0.205. The van der Waals surface area contributed by atoms with Gasteiger partial charge in [0.2, 0.25) is 0 Å². The number of oxime groups is 1. The minimum absolute atomic E-state index is 0.203. The van der Waals surface area contributed by atoms with E-state index in [9.17, 15) is 0 Å². The summed E-state index contributed by atoms with van der Waals surface area (Å²) < 4.78 is 2.18. The van der Waals surface area contributed by atoms with Crippen molar-refractivity contribution in [3.8, 4) is 0 Å². The fraction of sp³-hybridized carbons (Fsp3) is 0.316. The molecule has 0 radical (unpaired) electrons. The molecule has 0 aromatic heterocycles. The van der Waals surface area contributed by atoms with Crippen LogP contribution in [0.4, 0.5) is 0 Å². The maximum Gasteiger partial charge on any atom is 0.106 e. The largest absolute Gasteiger partial charge is 0.399 e. The number of benzene rings is 2. The van der Waals surface area contributed by atoms with Crippen molar-refractivity contribution in [2.24, 2.45) is 11.1 Å². The highest BCUT2D eigenvalue weighted by molar-refractivity contribution is 9.10. The van der Waals surface area contributed by atoms with Crippen LogP contribution in [0.15, 0.2) is 62.6 Å². The first-order chi connectivity index (χ1) is 11.6. The Labute approximate surface area is 159 Å². The standard InChI is InChI=1S/C19H20Br2N2O/c1-12-17(23-24-2)11-18(13-3-7-15(20)8-4-13)22-19(12)14-5-9-16(21)10-6-14/h3-10,12,18-19,22H,11H2,1-2H3/b23-17+/t12-,18+,19-/m1/s1. The number of piperidine rings is 1. The molecule has 24 heavy (non-hydrogen) atoms. The predicted octanol–water partition coefficient (Wildman–Crippen LogP) is 5.63. The molecule has 0 spiro atoms. The molecule has 1 fully saturated rings. The lowest BCUT2D eigenvalue weighted by Crippen LogP contribution is -2.41. The molecule has 0 amide bonds. The Hall–Kier alpha value is -1.17. The van der Waals surface area contributed by atoms with Gasteiger partial charge in [0.1, 0.15) is 7.11 Å². The summed E-state index contributed by atoms with van der Waals surface area (Å²) in [6, 6.07) is 17.4. The fourth-order valence-electron chi connectivity index (χ4n) is 3.21.